The number of aromatic amines is 2. The van der Waals surface area contributed by atoms with Crippen molar-refractivity contribution in [2.45, 2.75) is 19.6 Å². The third kappa shape index (κ3) is 9.52. The first kappa shape index (κ1) is 58.5. The van der Waals surface area contributed by atoms with Crippen LogP contribution in [0.1, 0.15) is 0 Å². The molecule has 466 valence electrons. The maximum atomic E-state index is 12.7. The molecule has 2 aromatic heterocycles. The first-order chi connectivity index (χ1) is 46.1. The Morgan fingerprint density at radius 1 is 0.240 bits per heavy atom. The molecule has 8 bridgehead atoms. The zero-order valence-electron chi connectivity index (χ0n) is 49.2. The summed E-state index contributed by atoms with van der Waals surface area (Å²) in [6.45, 7) is 0. The van der Waals surface area contributed by atoms with Crippen LogP contribution in [0.2, 0.25) is 0 Å². The van der Waals surface area contributed by atoms with Gasteiger partial charge in [-0.15, -0.1) is 0 Å². The lowest BCUT2D eigenvalue weighted by Gasteiger charge is -2.12. The molecule has 6 N–H and O–H groups in total. The summed E-state index contributed by atoms with van der Waals surface area (Å²) in [6.07, 6.45) is 0. The molecular weight excluding hydrogens is 1300 g/mol. The van der Waals surface area contributed by atoms with E-state index in [4.69, 9.17) is 29.9 Å². The van der Waals surface area contributed by atoms with E-state index in [0.717, 1.165) is 0 Å². The fraction of sp³-hybridized carbons (Fsp3) is 0. The van der Waals surface area contributed by atoms with Crippen LogP contribution in [0.5, 0.6) is 0 Å². The summed E-state index contributed by atoms with van der Waals surface area (Å²) >= 11 is 0. The summed E-state index contributed by atoms with van der Waals surface area (Å²) in [5, 5.41) is 4.58. The molecule has 0 saturated carbocycles. The number of H-pyrrole nitrogens is 2. The molecule has 3 aliphatic rings. The molecule has 0 aliphatic carbocycles. The van der Waals surface area contributed by atoms with Crippen LogP contribution in [0.15, 0.2) is 238 Å². The van der Waals surface area contributed by atoms with E-state index >= 15 is 0 Å². The van der Waals surface area contributed by atoms with Crippen LogP contribution in [0.3, 0.4) is 0 Å². The SMILES string of the molecule is O=S(=O)(O)c1ccc(-c2ccc3c(c2)-c2nc4nc(nc5[nH]c([nH]c6nc(nc-3n2)-c2cc(-c3ccc(S(=O)(=O)O)c7ccccc37)ccc2-6)c2cc(-c3ccc(S(=O)(=O)O)c6ccccc36)ccc52)-c2cc(-c3ccc(S(=O)(=O)O)c5ccccc35)ccc2-4)c2ccccc12. The van der Waals surface area contributed by atoms with Gasteiger partial charge in [0.15, 0.2) is 29.1 Å². The van der Waals surface area contributed by atoms with Crippen molar-refractivity contribution in [3.8, 4) is 113 Å². The summed E-state index contributed by atoms with van der Waals surface area (Å²) in [5.74, 6) is 1.31. The normalized spacial score (nSPS) is 12.7. The maximum absolute atomic E-state index is 12.7. The van der Waals surface area contributed by atoms with Gasteiger partial charge in [-0.3, -0.25) is 18.2 Å². The van der Waals surface area contributed by atoms with Crippen molar-refractivity contribution in [3.63, 3.8) is 0 Å². The van der Waals surface area contributed by atoms with Gasteiger partial charge in [-0.1, -0.05) is 146 Å². The summed E-state index contributed by atoms with van der Waals surface area (Å²) in [4.78, 5) is 37.6. The zero-order chi connectivity index (χ0) is 65.9. The number of benzene rings is 12. The Bertz CT molecular complexity index is 6620. The Balaban J connectivity index is 0.954. The molecule has 0 saturated heterocycles. The van der Waals surface area contributed by atoms with Gasteiger partial charge < -0.3 is 9.97 Å². The molecule has 0 atom stereocenters. The van der Waals surface area contributed by atoms with Gasteiger partial charge in [0.25, 0.3) is 40.5 Å². The summed E-state index contributed by atoms with van der Waals surface area (Å²) in [7, 11) is -18.5. The Labute approximate surface area is 544 Å². The Hall–Kier alpha value is -11.3. The fourth-order valence-electron chi connectivity index (χ4n) is 13.5. The minimum atomic E-state index is -4.63. The third-order valence-corrected chi connectivity index (χ3v) is 21.4. The van der Waals surface area contributed by atoms with Crippen molar-refractivity contribution in [3.05, 3.63) is 218 Å². The van der Waals surface area contributed by atoms with Crippen LogP contribution in [0.4, 0.5) is 0 Å². The van der Waals surface area contributed by atoms with E-state index < -0.39 is 40.5 Å². The van der Waals surface area contributed by atoms with E-state index in [1.165, 1.54) is 24.3 Å². The van der Waals surface area contributed by atoms with E-state index in [2.05, 4.69) is 9.97 Å². The zero-order valence-corrected chi connectivity index (χ0v) is 52.4. The summed E-state index contributed by atoms with van der Waals surface area (Å²) in [6, 6.07) is 61.7. The van der Waals surface area contributed by atoms with Gasteiger partial charge in [-0.2, -0.15) is 33.7 Å². The lowest BCUT2D eigenvalue weighted by atomic mass is 9.95. The van der Waals surface area contributed by atoms with Crippen molar-refractivity contribution in [2.24, 2.45) is 0 Å². The molecule has 3 aliphatic heterocycles. The maximum Gasteiger partial charge on any atom is 0.295 e. The number of hydrogen-bond donors (Lipinski definition) is 6. The van der Waals surface area contributed by atoms with Crippen molar-refractivity contribution in [2.75, 3.05) is 0 Å². The number of hydrogen-bond acceptors (Lipinski definition) is 14. The molecular formula is C72H42N8O12S4. The summed E-state index contributed by atoms with van der Waals surface area (Å²) in [5.41, 5.74) is 9.10. The van der Waals surface area contributed by atoms with Gasteiger partial charge in [0.1, 0.15) is 36.7 Å². The minimum absolute atomic E-state index is 0.177. The second-order valence-corrected chi connectivity index (χ2v) is 28.7. The highest BCUT2D eigenvalue weighted by molar-refractivity contribution is 7.86. The second kappa shape index (κ2) is 21.1. The summed E-state index contributed by atoms with van der Waals surface area (Å²) < 4.78 is 143. The number of nitrogens with one attached hydrogen (secondary N) is 2. The Kier molecular flexibility index (Phi) is 12.9. The van der Waals surface area contributed by atoms with Crippen molar-refractivity contribution >= 4 is 106 Å². The average molecular weight is 1340 g/mol. The van der Waals surface area contributed by atoms with Crippen molar-refractivity contribution in [1.29, 1.82) is 0 Å². The molecule has 24 heteroatoms. The van der Waals surface area contributed by atoms with E-state index in [1.807, 2.05) is 72.8 Å². The standard InChI is InChI=1S/C72H42N8O12S4/c81-93(82,83)61-29-25-41(45-9-1-5-13-49(45)61)37-17-21-53-57(33-37)69-73-65(53)78-70-59-35-39(43-27-31-63(95(87,88)89)51-15-7-3-11-47(43)51)19-23-55(59)67(75-70)80-72-60-36-40(44-28-32-64(96(90,91)92)52-16-8-4-12-48(44)52)20-24-56(60)68(76-72)79-71-58-34-38(18-22-54(58)66(74-71)77-69)42-26-30-62(94(84,85)86)50-14-6-2-10-46(42)50/h1-36H,(H,81,82,83)(H,84,85,86)(H,87,88,89)(H,90,91,92)(H2,73,74,75,76,77,78,79,80). The fourth-order valence-corrected chi connectivity index (χ4v) is 16.2. The van der Waals surface area contributed by atoms with Crippen LogP contribution < -0.4 is 0 Å². The van der Waals surface area contributed by atoms with Gasteiger partial charge >= 0.3 is 0 Å². The highest BCUT2D eigenvalue weighted by Crippen LogP contribution is 2.46. The van der Waals surface area contributed by atoms with E-state index in [0.29, 0.717) is 149 Å². The van der Waals surface area contributed by atoms with Crippen molar-refractivity contribution in [1.82, 2.24) is 39.9 Å². The monoisotopic (exact) mass is 1340 g/mol. The van der Waals surface area contributed by atoms with Crippen LogP contribution in [0, 0.1) is 0 Å². The third-order valence-electron chi connectivity index (χ3n) is 17.7. The van der Waals surface area contributed by atoms with E-state index in [1.54, 1.807) is 121 Å². The first-order valence-electron chi connectivity index (χ1n) is 29.5. The average Bonchev–Trinajstić information content (AvgIpc) is 1.44. The Morgan fingerprint density at radius 2 is 0.531 bits per heavy atom. The predicted octanol–water partition coefficient (Wildman–Crippen LogP) is 15.0. The highest BCUT2D eigenvalue weighted by Gasteiger charge is 2.29. The van der Waals surface area contributed by atoms with Crippen LogP contribution in [-0.2, 0) is 40.5 Å². The van der Waals surface area contributed by atoms with Crippen LogP contribution >= 0.6 is 0 Å². The number of aromatic nitrogens is 8. The molecule has 0 unspecified atom stereocenters. The van der Waals surface area contributed by atoms with Crippen molar-refractivity contribution < 1.29 is 51.9 Å². The molecule has 0 amide bonds. The molecule has 0 spiro atoms. The molecule has 17 rings (SSSR count). The molecule has 0 fully saturated rings. The van der Waals surface area contributed by atoms with E-state index in [-0.39, 0.29) is 48.7 Å². The lowest BCUT2D eigenvalue weighted by Crippen LogP contribution is -1.99. The Morgan fingerprint density at radius 3 is 0.906 bits per heavy atom. The van der Waals surface area contributed by atoms with Gasteiger partial charge in [0.2, 0.25) is 0 Å². The van der Waals surface area contributed by atoms with Crippen LogP contribution in [-0.4, -0.2) is 91.8 Å². The van der Waals surface area contributed by atoms with Gasteiger partial charge in [-0.25, -0.2) is 29.9 Å². The number of rotatable bonds is 8. The lowest BCUT2D eigenvalue weighted by molar-refractivity contribution is 0.482. The van der Waals surface area contributed by atoms with Crippen LogP contribution in [0.25, 0.3) is 178 Å². The number of nitrogens with zero attached hydrogens (tertiary/aromatic N) is 6. The first-order valence-corrected chi connectivity index (χ1v) is 35.2. The topological polar surface area (TPSA) is 326 Å². The van der Waals surface area contributed by atoms with Gasteiger partial charge in [0, 0.05) is 65.7 Å². The second-order valence-electron chi connectivity index (χ2n) is 23.2. The quantitative estimate of drug-likeness (QED) is 0.0770. The predicted molar refractivity (Wildman–Crippen MR) is 365 cm³/mol. The molecule has 5 heterocycles. The molecule has 14 aromatic rings. The molecule has 0 radical (unpaired) electrons. The van der Waals surface area contributed by atoms with E-state index in [9.17, 15) is 51.9 Å². The minimum Gasteiger partial charge on any atom is -0.325 e. The largest absolute Gasteiger partial charge is 0.325 e. The highest BCUT2D eigenvalue weighted by atomic mass is 32.2. The smallest absolute Gasteiger partial charge is 0.295 e. The van der Waals surface area contributed by atoms with Gasteiger partial charge in [0.05, 0.1) is 0 Å². The molecule has 96 heavy (non-hydrogen) atoms. The van der Waals surface area contributed by atoms with Gasteiger partial charge in [-0.05, 0) is 139 Å². The molecule has 20 nitrogen and oxygen atoms in total. The number of fused-ring (bicyclic) bond motifs is 24. The molecule has 12 aromatic carbocycles.